The minimum Gasteiger partial charge on any atom is -0.257 e. The van der Waals surface area contributed by atoms with Gasteiger partial charge in [0, 0.05) is 29.6 Å². The van der Waals surface area contributed by atoms with E-state index in [0.29, 0.717) is 12.0 Å². The summed E-state index contributed by atoms with van der Waals surface area (Å²) in [7, 11) is 0. The number of aryl methyl sites for hydroxylation is 1. The van der Waals surface area contributed by atoms with Gasteiger partial charge in [-0.3, -0.25) is 15.8 Å². The second-order valence-electron chi connectivity index (χ2n) is 4.80. The van der Waals surface area contributed by atoms with E-state index in [2.05, 4.69) is 49.0 Å². The minimum atomic E-state index is 0.433. The van der Waals surface area contributed by atoms with Crippen LogP contribution in [-0.2, 0) is 0 Å². The number of hydrazine groups is 1. The van der Waals surface area contributed by atoms with Crippen molar-refractivity contribution in [3.05, 3.63) is 41.6 Å². The zero-order valence-corrected chi connectivity index (χ0v) is 10.2. The van der Waals surface area contributed by atoms with Crippen molar-refractivity contribution in [1.29, 1.82) is 0 Å². The van der Waals surface area contributed by atoms with Gasteiger partial charge in [-0.05, 0) is 31.5 Å². The fraction of sp³-hybridized carbons (Fsp3) is 0.357. The third kappa shape index (κ3) is 1.81. The molecule has 0 spiro atoms. The molecule has 0 amide bonds. The van der Waals surface area contributed by atoms with Crippen LogP contribution in [0.5, 0.6) is 0 Å². The molecular weight excluding hydrogens is 210 g/mol. The summed E-state index contributed by atoms with van der Waals surface area (Å²) >= 11 is 0. The zero-order chi connectivity index (χ0) is 11.8. The van der Waals surface area contributed by atoms with Crippen molar-refractivity contribution in [2.75, 3.05) is 6.54 Å². The second-order valence-corrected chi connectivity index (χ2v) is 4.80. The highest BCUT2D eigenvalue weighted by molar-refractivity contribution is 5.82. The molecular formula is C14H17N3. The molecule has 3 nitrogen and oxygen atoms in total. The first-order chi connectivity index (χ1) is 8.25. The molecule has 0 aliphatic carbocycles. The third-order valence-corrected chi connectivity index (χ3v) is 3.58. The maximum atomic E-state index is 4.79. The van der Waals surface area contributed by atoms with Crippen LogP contribution in [0.1, 0.15) is 24.1 Å². The lowest BCUT2D eigenvalue weighted by atomic mass is 9.96. The van der Waals surface area contributed by atoms with Gasteiger partial charge < -0.3 is 0 Å². The molecule has 1 aromatic heterocycles. The lowest BCUT2D eigenvalue weighted by Gasteiger charge is -2.15. The summed E-state index contributed by atoms with van der Waals surface area (Å²) in [4.78, 5) is 4.79. The van der Waals surface area contributed by atoms with Crippen LogP contribution in [0.4, 0.5) is 0 Å². The number of pyridine rings is 1. The fourth-order valence-electron chi connectivity index (χ4n) is 2.53. The largest absolute Gasteiger partial charge is 0.257 e. The van der Waals surface area contributed by atoms with Crippen LogP contribution in [0.3, 0.4) is 0 Å². The number of benzene rings is 1. The number of rotatable bonds is 1. The van der Waals surface area contributed by atoms with Crippen LogP contribution in [0.25, 0.3) is 10.9 Å². The molecule has 2 heterocycles. The first-order valence-corrected chi connectivity index (χ1v) is 6.10. The average Bonchev–Trinajstić information content (AvgIpc) is 2.75. The first kappa shape index (κ1) is 10.7. The van der Waals surface area contributed by atoms with Gasteiger partial charge in [0.15, 0.2) is 0 Å². The Morgan fingerprint density at radius 1 is 1.29 bits per heavy atom. The van der Waals surface area contributed by atoms with Gasteiger partial charge in [-0.1, -0.05) is 18.2 Å². The molecule has 0 saturated carbocycles. The van der Waals surface area contributed by atoms with Crippen molar-refractivity contribution in [2.45, 2.75) is 25.8 Å². The van der Waals surface area contributed by atoms with Gasteiger partial charge >= 0.3 is 0 Å². The van der Waals surface area contributed by atoms with E-state index in [1.165, 1.54) is 16.6 Å². The van der Waals surface area contributed by atoms with Crippen molar-refractivity contribution in [3.63, 3.8) is 0 Å². The minimum absolute atomic E-state index is 0.433. The van der Waals surface area contributed by atoms with E-state index in [1.807, 2.05) is 6.07 Å². The van der Waals surface area contributed by atoms with Crippen molar-refractivity contribution in [2.24, 2.45) is 0 Å². The fourth-order valence-corrected chi connectivity index (χ4v) is 2.53. The summed E-state index contributed by atoms with van der Waals surface area (Å²) in [5.74, 6) is 0.457. The Balaban J connectivity index is 2.12. The van der Waals surface area contributed by atoms with E-state index in [-0.39, 0.29) is 0 Å². The molecule has 1 aliphatic rings. The van der Waals surface area contributed by atoms with Gasteiger partial charge in [-0.15, -0.1) is 0 Å². The van der Waals surface area contributed by atoms with Crippen LogP contribution in [0.2, 0.25) is 0 Å². The lowest BCUT2D eigenvalue weighted by molar-refractivity contribution is 0.565. The number of nitrogens with zero attached hydrogens (tertiary/aromatic N) is 1. The quantitative estimate of drug-likeness (QED) is 0.783. The number of nitrogens with one attached hydrogen (secondary N) is 2. The Morgan fingerprint density at radius 2 is 2.12 bits per heavy atom. The van der Waals surface area contributed by atoms with E-state index in [9.17, 15) is 0 Å². The van der Waals surface area contributed by atoms with Gasteiger partial charge in [0.1, 0.15) is 0 Å². The molecule has 1 aliphatic heterocycles. The SMILES string of the molecule is Cc1cc(C2CNNC2C)nc2ccccc12. The summed E-state index contributed by atoms with van der Waals surface area (Å²) in [5.41, 5.74) is 10.0. The van der Waals surface area contributed by atoms with Gasteiger partial charge in [0.25, 0.3) is 0 Å². The molecule has 0 bridgehead atoms. The van der Waals surface area contributed by atoms with E-state index in [0.717, 1.165) is 12.1 Å². The second kappa shape index (κ2) is 4.09. The van der Waals surface area contributed by atoms with E-state index in [1.54, 1.807) is 0 Å². The monoisotopic (exact) mass is 227 g/mol. The Kier molecular flexibility index (Phi) is 2.57. The number of hydrogen-bond acceptors (Lipinski definition) is 3. The summed E-state index contributed by atoms with van der Waals surface area (Å²) in [5, 5.41) is 1.25. The van der Waals surface area contributed by atoms with Crippen LogP contribution < -0.4 is 10.9 Å². The number of hydrogen-bond donors (Lipinski definition) is 2. The summed E-state index contributed by atoms with van der Waals surface area (Å²) in [6, 6.07) is 11.0. The summed E-state index contributed by atoms with van der Waals surface area (Å²) in [6.45, 7) is 5.30. The van der Waals surface area contributed by atoms with Crippen molar-refractivity contribution < 1.29 is 0 Å². The number of aromatic nitrogens is 1. The molecule has 0 radical (unpaired) electrons. The molecule has 1 saturated heterocycles. The third-order valence-electron chi connectivity index (χ3n) is 3.58. The van der Waals surface area contributed by atoms with Gasteiger partial charge in [0.05, 0.1) is 5.52 Å². The highest BCUT2D eigenvalue weighted by Crippen LogP contribution is 2.25. The van der Waals surface area contributed by atoms with Gasteiger partial charge in [-0.2, -0.15) is 0 Å². The smallest absolute Gasteiger partial charge is 0.0708 e. The predicted octanol–water partition coefficient (Wildman–Crippen LogP) is 2.12. The van der Waals surface area contributed by atoms with Crippen molar-refractivity contribution in [3.8, 4) is 0 Å². The standard InChI is InChI=1S/C14H17N3/c1-9-7-14(12-8-15-17-10(12)2)16-13-6-4-3-5-11(9)13/h3-7,10,12,15,17H,8H2,1-2H3. The average molecular weight is 227 g/mol. The molecule has 1 fully saturated rings. The van der Waals surface area contributed by atoms with Crippen LogP contribution in [-0.4, -0.2) is 17.6 Å². The molecule has 2 unspecified atom stereocenters. The lowest BCUT2D eigenvalue weighted by Crippen LogP contribution is -2.28. The van der Waals surface area contributed by atoms with E-state index < -0.39 is 0 Å². The molecule has 88 valence electrons. The Bertz CT molecular complexity index is 550. The predicted molar refractivity (Wildman–Crippen MR) is 69.8 cm³/mol. The van der Waals surface area contributed by atoms with Crippen LogP contribution >= 0.6 is 0 Å². The molecule has 3 heteroatoms. The number of fused-ring (bicyclic) bond motifs is 1. The normalized spacial score (nSPS) is 24.4. The Morgan fingerprint density at radius 3 is 2.88 bits per heavy atom. The summed E-state index contributed by atoms with van der Waals surface area (Å²) < 4.78 is 0. The molecule has 2 aromatic rings. The molecule has 2 atom stereocenters. The van der Waals surface area contributed by atoms with Crippen LogP contribution in [0, 0.1) is 6.92 Å². The molecule has 1 aromatic carbocycles. The van der Waals surface area contributed by atoms with Gasteiger partial charge in [0.2, 0.25) is 0 Å². The Labute approximate surface area is 101 Å². The van der Waals surface area contributed by atoms with Gasteiger partial charge in [-0.25, -0.2) is 0 Å². The maximum Gasteiger partial charge on any atom is 0.0708 e. The topological polar surface area (TPSA) is 37.0 Å². The highest BCUT2D eigenvalue weighted by atomic mass is 15.4. The maximum absolute atomic E-state index is 4.79. The van der Waals surface area contributed by atoms with E-state index in [4.69, 9.17) is 4.98 Å². The van der Waals surface area contributed by atoms with Crippen molar-refractivity contribution >= 4 is 10.9 Å². The Hall–Kier alpha value is -1.45. The first-order valence-electron chi connectivity index (χ1n) is 6.10. The van der Waals surface area contributed by atoms with Crippen LogP contribution in [0.15, 0.2) is 30.3 Å². The molecule has 2 N–H and O–H groups in total. The van der Waals surface area contributed by atoms with E-state index >= 15 is 0 Å². The number of para-hydroxylation sites is 1. The summed E-state index contributed by atoms with van der Waals surface area (Å²) in [6.07, 6.45) is 0. The zero-order valence-electron chi connectivity index (χ0n) is 10.2. The highest BCUT2D eigenvalue weighted by Gasteiger charge is 2.25. The molecule has 3 rings (SSSR count). The molecule has 17 heavy (non-hydrogen) atoms. The van der Waals surface area contributed by atoms with Crippen molar-refractivity contribution in [1.82, 2.24) is 15.8 Å².